The molecule has 5 rings (SSSR count). The minimum absolute atomic E-state index is 0.0431. The number of nitrogens with zero attached hydrogens (tertiary/aromatic N) is 3. The first-order valence-corrected chi connectivity index (χ1v) is 11.7. The summed E-state index contributed by atoms with van der Waals surface area (Å²) in [6.07, 6.45) is 3.20. The highest BCUT2D eigenvalue weighted by molar-refractivity contribution is 5.98. The van der Waals surface area contributed by atoms with Crippen molar-refractivity contribution in [3.8, 4) is 17.2 Å². The molecule has 2 aliphatic heterocycles. The second-order valence-electron chi connectivity index (χ2n) is 8.17. The second kappa shape index (κ2) is 11.3. The van der Waals surface area contributed by atoms with E-state index in [1.807, 2.05) is 54.6 Å². The monoisotopic (exact) mass is 474 g/mol. The van der Waals surface area contributed by atoms with Crippen molar-refractivity contribution in [2.45, 2.75) is 12.8 Å². The van der Waals surface area contributed by atoms with Gasteiger partial charge in [-0.25, -0.2) is 4.68 Å². The van der Waals surface area contributed by atoms with Crippen LogP contribution in [0.5, 0.6) is 11.5 Å². The van der Waals surface area contributed by atoms with E-state index in [1.54, 1.807) is 9.58 Å². The number of ether oxygens (including phenoxy) is 1. The number of carbonyl (C=O) groups excluding carboxylic acids is 2. The normalized spacial score (nSPS) is 14.6. The number of benzene rings is 2. The van der Waals surface area contributed by atoms with Gasteiger partial charge in [0.15, 0.2) is 5.69 Å². The van der Waals surface area contributed by atoms with Crippen molar-refractivity contribution >= 4 is 17.5 Å². The van der Waals surface area contributed by atoms with Gasteiger partial charge in [0.2, 0.25) is 5.91 Å². The van der Waals surface area contributed by atoms with Crippen molar-refractivity contribution in [2.24, 2.45) is 5.73 Å². The highest BCUT2D eigenvalue weighted by atomic mass is 16.5. The summed E-state index contributed by atoms with van der Waals surface area (Å²) in [5.74, 6) is 1.03. The Bertz CT molecular complexity index is 1170. The first kappa shape index (κ1) is 24.0. The predicted octanol–water partition coefficient (Wildman–Crippen LogP) is 2.73. The first-order chi connectivity index (χ1) is 17.1. The molecule has 1 fully saturated rings. The third-order valence-corrected chi connectivity index (χ3v) is 5.75. The van der Waals surface area contributed by atoms with Crippen molar-refractivity contribution in [2.75, 3.05) is 38.0 Å². The van der Waals surface area contributed by atoms with Gasteiger partial charge in [-0.3, -0.25) is 9.59 Å². The molecule has 1 saturated heterocycles. The summed E-state index contributed by atoms with van der Waals surface area (Å²) in [4.78, 5) is 24.7. The van der Waals surface area contributed by atoms with E-state index in [2.05, 4.69) is 22.3 Å². The molecule has 0 atom stereocenters. The summed E-state index contributed by atoms with van der Waals surface area (Å²) in [5.41, 5.74) is 8.38. The van der Waals surface area contributed by atoms with Gasteiger partial charge in [-0.1, -0.05) is 24.8 Å². The summed E-state index contributed by atoms with van der Waals surface area (Å²) >= 11 is 0. The zero-order valence-corrected chi connectivity index (χ0v) is 19.6. The number of nitrogens with two attached hydrogens (primary N) is 1. The minimum atomic E-state index is -0.493. The SMILES string of the molecule is C=CC(=O)N1CCNCC1.NC(=O)c1c2c(nn1-c1ccc(Oc3ccccc3)cc1)CCCN2. The van der Waals surface area contributed by atoms with E-state index in [9.17, 15) is 9.59 Å². The van der Waals surface area contributed by atoms with Crippen molar-refractivity contribution < 1.29 is 14.3 Å². The van der Waals surface area contributed by atoms with Crippen LogP contribution in [0.25, 0.3) is 5.69 Å². The maximum Gasteiger partial charge on any atom is 0.269 e. The Balaban J connectivity index is 0.000000243. The number of rotatable bonds is 5. The lowest BCUT2D eigenvalue weighted by Gasteiger charge is -2.25. The van der Waals surface area contributed by atoms with Crippen LogP contribution < -0.4 is 21.1 Å². The topological polar surface area (TPSA) is 115 Å². The van der Waals surface area contributed by atoms with Crippen LogP contribution in [0.4, 0.5) is 5.69 Å². The molecular weight excluding hydrogens is 444 g/mol. The quantitative estimate of drug-likeness (QED) is 0.490. The van der Waals surface area contributed by atoms with Gasteiger partial charge in [0, 0.05) is 32.7 Å². The molecule has 2 aliphatic rings. The molecule has 0 unspecified atom stereocenters. The fourth-order valence-electron chi connectivity index (χ4n) is 4.00. The number of carbonyl (C=O) groups is 2. The van der Waals surface area contributed by atoms with Gasteiger partial charge in [-0.2, -0.15) is 5.10 Å². The molecule has 9 heteroatoms. The Morgan fingerprint density at radius 3 is 2.34 bits per heavy atom. The van der Waals surface area contributed by atoms with Crippen LogP contribution >= 0.6 is 0 Å². The van der Waals surface area contributed by atoms with Crippen LogP contribution in [0.1, 0.15) is 22.6 Å². The van der Waals surface area contributed by atoms with Crippen LogP contribution in [-0.4, -0.2) is 59.2 Å². The Hall–Kier alpha value is -4.11. The van der Waals surface area contributed by atoms with Crippen molar-refractivity contribution in [3.63, 3.8) is 0 Å². The number of hydrogen-bond acceptors (Lipinski definition) is 6. The summed E-state index contributed by atoms with van der Waals surface area (Å²) in [7, 11) is 0. The van der Waals surface area contributed by atoms with Crippen molar-refractivity contribution in [3.05, 3.63) is 78.6 Å². The zero-order chi connectivity index (χ0) is 24.6. The fourth-order valence-corrected chi connectivity index (χ4v) is 4.00. The van der Waals surface area contributed by atoms with Crippen LogP contribution in [0.2, 0.25) is 0 Å². The minimum Gasteiger partial charge on any atom is -0.457 e. The van der Waals surface area contributed by atoms with Gasteiger partial charge in [0.1, 0.15) is 11.5 Å². The van der Waals surface area contributed by atoms with Gasteiger partial charge in [0.05, 0.1) is 17.1 Å². The molecule has 9 nitrogen and oxygen atoms in total. The number of anilines is 1. The largest absolute Gasteiger partial charge is 0.457 e. The number of aryl methyl sites for hydroxylation is 1. The molecule has 0 saturated carbocycles. The number of para-hydroxylation sites is 1. The van der Waals surface area contributed by atoms with E-state index in [0.717, 1.165) is 68.4 Å². The van der Waals surface area contributed by atoms with Gasteiger partial charge < -0.3 is 26.0 Å². The standard InChI is InChI=1S/C19H18N4O2.C7H12N2O/c20-19(24)18-17-16(7-4-12-21-17)22-23(18)13-8-10-15(11-9-13)25-14-5-2-1-3-6-14;1-2-7(10)9-5-3-8-4-6-9/h1-3,5-6,8-11,21H,4,7,12H2,(H2,20,24);2,8H,1,3-6H2. The van der Waals surface area contributed by atoms with E-state index in [0.29, 0.717) is 11.4 Å². The third kappa shape index (κ3) is 5.88. The molecule has 3 heterocycles. The van der Waals surface area contributed by atoms with Gasteiger partial charge in [0.25, 0.3) is 5.91 Å². The summed E-state index contributed by atoms with van der Waals surface area (Å²) < 4.78 is 7.40. The molecule has 182 valence electrons. The molecule has 2 aromatic carbocycles. The lowest BCUT2D eigenvalue weighted by molar-refractivity contribution is -0.126. The molecule has 4 N–H and O–H groups in total. The fraction of sp³-hybridized carbons (Fsp3) is 0.269. The van der Waals surface area contributed by atoms with E-state index >= 15 is 0 Å². The lowest BCUT2D eigenvalue weighted by Crippen LogP contribution is -2.45. The summed E-state index contributed by atoms with van der Waals surface area (Å²) in [6, 6.07) is 17.0. The Kier molecular flexibility index (Phi) is 7.79. The number of aromatic nitrogens is 2. The number of fused-ring (bicyclic) bond motifs is 1. The summed E-state index contributed by atoms with van der Waals surface area (Å²) in [6.45, 7) is 7.67. The maximum absolute atomic E-state index is 11.9. The molecule has 2 amide bonds. The number of nitrogens with one attached hydrogen (secondary N) is 2. The number of primary amides is 1. The zero-order valence-electron chi connectivity index (χ0n) is 19.6. The van der Waals surface area contributed by atoms with Crippen molar-refractivity contribution in [1.82, 2.24) is 20.0 Å². The third-order valence-electron chi connectivity index (χ3n) is 5.75. The average Bonchev–Trinajstić information content (AvgIpc) is 3.30. The van der Waals surface area contributed by atoms with Crippen LogP contribution in [-0.2, 0) is 11.2 Å². The van der Waals surface area contributed by atoms with Gasteiger partial charge in [-0.05, 0) is 55.3 Å². The smallest absolute Gasteiger partial charge is 0.269 e. The molecule has 0 spiro atoms. The number of hydrogen-bond donors (Lipinski definition) is 3. The molecule has 0 aliphatic carbocycles. The molecular formula is C26H30N6O3. The van der Waals surface area contributed by atoms with E-state index < -0.39 is 5.91 Å². The van der Waals surface area contributed by atoms with E-state index in [1.165, 1.54) is 6.08 Å². The van der Waals surface area contributed by atoms with Gasteiger partial charge >= 0.3 is 0 Å². The van der Waals surface area contributed by atoms with Crippen molar-refractivity contribution in [1.29, 1.82) is 0 Å². The number of piperazine rings is 1. The highest BCUT2D eigenvalue weighted by Gasteiger charge is 2.24. The second-order valence-corrected chi connectivity index (χ2v) is 8.17. The first-order valence-electron chi connectivity index (χ1n) is 11.7. The Morgan fingerprint density at radius 2 is 1.69 bits per heavy atom. The molecule has 35 heavy (non-hydrogen) atoms. The maximum atomic E-state index is 11.9. The average molecular weight is 475 g/mol. The van der Waals surface area contributed by atoms with Gasteiger partial charge in [-0.15, -0.1) is 0 Å². The van der Waals surface area contributed by atoms with Crippen LogP contribution in [0, 0.1) is 0 Å². The van der Waals surface area contributed by atoms with E-state index in [-0.39, 0.29) is 5.91 Å². The number of amides is 2. The lowest BCUT2D eigenvalue weighted by atomic mass is 10.1. The van der Waals surface area contributed by atoms with Crippen LogP contribution in [0.3, 0.4) is 0 Å². The Morgan fingerprint density at radius 1 is 1.00 bits per heavy atom. The molecule has 1 aromatic heterocycles. The van der Waals surface area contributed by atoms with Crippen LogP contribution in [0.15, 0.2) is 67.3 Å². The predicted molar refractivity (Wildman–Crippen MR) is 135 cm³/mol. The molecule has 3 aromatic rings. The summed E-state index contributed by atoms with van der Waals surface area (Å²) in [5, 5.41) is 11.0. The molecule has 0 bridgehead atoms. The highest BCUT2D eigenvalue weighted by Crippen LogP contribution is 2.29. The Labute approximate surface area is 204 Å². The van der Waals surface area contributed by atoms with E-state index in [4.69, 9.17) is 10.5 Å². The molecule has 0 radical (unpaired) electrons.